The summed E-state index contributed by atoms with van der Waals surface area (Å²) in [6.45, 7) is 6.43. The summed E-state index contributed by atoms with van der Waals surface area (Å²) in [4.78, 5) is 0. The summed E-state index contributed by atoms with van der Waals surface area (Å²) < 4.78 is 6.12. The van der Waals surface area contributed by atoms with Gasteiger partial charge in [0, 0.05) is 6.54 Å². The Kier molecular flexibility index (Phi) is 3.49. The predicted octanol–water partition coefficient (Wildman–Crippen LogP) is 2.77. The van der Waals surface area contributed by atoms with E-state index in [2.05, 4.69) is 43.4 Å². The van der Waals surface area contributed by atoms with Crippen molar-refractivity contribution < 1.29 is 4.74 Å². The first-order valence-corrected chi connectivity index (χ1v) is 6.20. The van der Waals surface area contributed by atoms with Crippen LogP contribution in [0.4, 0.5) is 0 Å². The highest BCUT2D eigenvalue weighted by Crippen LogP contribution is 2.24. The minimum absolute atomic E-state index is 0.0371. The Bertz CT molecular complexity index is 342. The second-order valence-corrected chi connectivity index (χ2v) is 4.83. The topological polar surface area (TPSA) is 21.3 Å². The van der Waals surface area contributed by atoms with Crippen LogP contribution >= 0.6 is 0 Å². The molecule has 1 unspecified atom stereocenters. The van der Waals surface area contributed by atoms with Crippen molar-refractivity contribution in [2.24, 2.45) is 0 Å². The molecule has 2 nitrogen and oxygen atoms in total. The van der Waals surface area contributed by atoms with Crippen LogP contribution in [0.5, 0.6) is 5.75 Å². The summed E-state index contributed by atoms with van der Waals surface area (Å²) >= 11 is 0. The first kappa shape index (κ1) is 11.5. The lowest BCUT2D eigenvalue weighted by Crippen LogP contribution is -2.47. The highest BCUT2D eigenvalue weighted by molar-refractivity contribution is 5.29. The monoisotopic (exact) mass is 219 g/mol. The number of hydrogen-bond acceptors (Lipinski definition) is 2. The van der Waals surface area contributed by atoms with Crippen LogP contribution in [0.15, 0.2) is 24.3 Å². The van der Waals surface area contributed by atoms with E-state index in [0.717, 1.165) is 31.7 Å². The van der Waals surface area contributed by atoms with E-state index < -0.39 is 0 Å². The molecule has 0 aromatic heterocycles. The van der Waals surface area contributed by atoms with Gasteiger partial charge in [-0.1, -0.05) is 19.1 Å². The standard InChI is InChI=1S/C14H21NO/c1-3-12-6-4-7-13(10-12)16-14(2)8-5-9-15-11-14/h4,6-7,10,15H,3,5,8-9,11H2,1-2H3. The Balaban J connectivity index is 2.07. The first-order chi connectivity index (χ1) is 7.72. The second kappa shape index (κ2) is 4.88. The molecule has 1 aliphatic rings. The molecular formula is C14H21NO. The Labute approximate surface area is 98.0 Å². The van der Waals surface area contributed by atoms with E-state index in [-0.39, 0.29) is 5.60 Å². The van der Waals surface area contributed by atoms with Crippen LogP contribution in [-0.2, 0) is 6.42 Å². The molecule has 1 saturated heterocycles. The van der Waals surface area contributed by atoms with Crippen LogP contribution < -0.4 is 10.1 Å². The van der Waals surface area contributed by atoms with Gasteiger partial charge in [0.1, 0.15) is 11.4 Å². The van der Waals surface area contributed by atoms with E-state index >= 15 is 0 Å². The van der Waals surface area contributed by atoms with Crippen molar-refractivity contribution in [3.05, 3.63) is 29.8 Å². The summed E-state index contributed by atoms with van der Waals surface area (Å²) in [6.07, 6.45) is 3.40. The van der Waals surface area contributed by atoms with Crippen LogP contribution in [0.2, 0.25) is 0 Å². The molecule has 0 radical (unpaired) electrons. The highest BCUT2D eigenvalue weighted by atomic mass is 16.5. The Hall–Kier alpha value is -1.02. The molecule has 0 amide bonds. The summed E-state index contributed by atoms with van der Waals surface area (Å²) in [5.74, 6) is 1.01. The number of ether oxygens (including phenoxy) is 1. The van der Waals surface area contributed by atoms with E-state index in [4.69, 9.17) is 4.74 Å². The van der Waals surface area contributed by atoms with Crippen LogP contribution in [0.1, 0.15) is 32.3 Å². The van der Waals surface area contributed by atoms with Crippen LogP contribution in [-0.4, -0.2) is 18.7 Å². The Morgan fingerprint density at radius 2 is 2.31 bits per heavy atom. The molecule has 1 N–H and O–H groups in total. The number of hydrogen-bond donors (Lipinski definition) is 1. The van der Waals surface area contributed by atoms with Gasteiger partial charge in [-0.25, -0.2) is 0 Å². The fourth-order valence-electron chi connectivity index (χ4n) is 2.23. The van der Waals surface area contributed by atoms with Gasteiger partial charge in [-0.05, 0) is 50.4 Å². The molecule has 2 rings (SSSR count). The zero-order chi connectivity index (χ0) is 11.4. The van der Waals surface area contributed by atoms with E-state index in [9.17, 15) is 0 Å². The average molecular weight is 219 g/mol. The smallest absolute Gasteiger partial charge is 0.120 e. The van der Waals surface area contributed by atoms with Gasteiger partial charge in [-0.2, -0.15) is 0 Å². The maximum Gasteiger partial charge on any atom is 0.120 e. The zero-order valence-electron chi connectivity index (χ0n) is 10.3. The van der Waals surface area contributed by atoms with E-state index in [1.165, 1.54) is 12.0 Å². The van der Waals surface area contributed by atoms with Gasteiger partial charge in [-0.15, -0.1) is 0 Å². The van der Waals surface area contributed by atoms with Crippen LogP contribution in [0.3, 0.4) is 0 Å². The third kappa shape index (κ3) is 2.76. The fraction of sp³-hybridized carbons (Fsp3) is 0.571. The van der Waals surface area contributed by atoms with Crippen molar-refractivity contribution in [3.8, 4) is 5.75 Å². The number of benzene rings is 1. The number of rotatable bonds is 3. The van der Waals surface area contributed by atoms with Crippen molar-refractivity contribution in [1.82, 2.24) is 5.32 Å². The average Bonchev–Trinajstić information content (AvgIpc) is 2.29. The highest BCUT2D eigenvalue weighted by Gasteiger charge is 2.28. The van der Waals surface area contributed by atoms with Crippen molar-refractivity contribution in [2.45, 2.75) is 38.7 Å². The molecule has 1 aromatic carbocycles. The molecule has 2 heteroatoms. The van der Waals surface area contributed by atoms with Crippen LogP contribution in [0, 0.1) is 0 Å². The molecule has 0 spiro atoms. The lowest BCUT2D eigenvalue weighted by Gasteiger charge is -2.34. The third-order valence-electron chi connectivity index (χ3n) is 3.23. The molecule has 1 fully saturated rings. The molecule has 0 bridgehead atoms. The lowest BCUT2D eigenvalue weighted by atomic mass is 9.96. The largest absolute Gasteiger partial charge is 0.486 e. The molecular weight excluding hydrogens is 198 g/mol. The first-order valence-electron chi connectivity index (χ1n) is 6.20. The molecule has 0 aliphatic carbocycles. The van der Waals surface area contributed by atoms with Gasteiger partial charge < -0.3 is 10.1 Å². The van der Waals surface area contributed by atoms with Gasteiger partial charge in [0.05, 0.1) is 0 Å². The number of nitrogens with one attached hydrogen (secondary N) is 1. The van der Waals surface area contributed by atoms with Crippen molar-refractivity contribution in [1.29, 1.82) is 0 Å². The zero-order valence-corrected chi connectivity index (χ0v) is 10.3. The summed E-state index contributed by atoms with van der Waals surface area (Å²) in [5.41, 5.74) is 1.30. The normalized spacial score (nSPS) is 25.4. The van der Waals surface area contributed by atoms with Crippen molar-refractivity contribution in [3.63, 3.8) is 0 Å². The van der Waals surface area contributed by atoms with Crippen LogP contribution in [0.25, 0.3) is 0 Å². The van der Waals surface area contributed by atoms with E-state index in [1.807, 2.05) is 0 Å². The molecule has 1 aromatic rings. The van der Waals surface area contributed by atoms with E-state index in [1.54, 1.807) is 0 Å². The van der Waals surface area contributed by atoms with Crippen molar-refractivity contribution >= 4 is 0 Å². The molecule has 1 heterocycles. The maximum absolute atomic E-state index is 6.12. The third-order valence-corrected chi connectivity index (χ3v) is 3.23. The summed E-state index contributed by atoms with van der Waals surface area (Å²) in [5, 5.41) is 3.40. The summed E-state index contributed by atoms with van der Waals surface area (Å²) in [7, 11) is 0. The predicted molar refractivity (Wildman–Crippen MR) is 67.0 cm³/mol. The SMILES string of the molecule is CCc1cccc(OC2(C)CCCNC2)c1. The summed E-state index contributed by atoms with van der Waals surface area (Å²) in [6, 6.07) is 8.43. The fourth-order valence-corrected chi connectivity index (χ4v) is 2.23. The minimum Gasteiger partial charge on any atom is -0.486 e. The molecule has 88 valence electrons. The Morgan fingerprint density at radius 3 is 3.00 bits per heavy atom. The van der Waals surface area contributed by atoms with Gasteiger partial charge >= 0.3 is 0 Å². The Morgan fingerprint density at radius 1 is 1.44 bits per heavy atom. The molecule has 16 heavy (non-hydrogen) atoms. The maximum atomic E-state index is 6.12. The molecule has 1 aliphatic heterocycles. The van der Waals surface area contributed by atoms with Gasteiger partial charge in [0.15, 0.2) is 0 Å². The molecule has 1 atom stereocenters. The quantitative estimate of drug-likeness (QED) is 0.844. The molecule has 0 saturated carbocycles. The van der Waals surface area contributed by atoms with Crippen molar-refractivity contribution in [2.75, 3.05) is 13.1 Å². The number of aryl methyl sites for hydroxylation is 1. The van der Waals surface area contributed by atoms with E-state index in [0.29, 0.717) is 0 Å². The minimum atomic E-state index is -0.0371. The van der Waals surface area contributed by atoms with Gasteiger partial charge in [0.2, 0.25) is 0 Å². The van der Waals surface area contributed by atoms with Gasteiger partial charge in [0.25, 0.3) is 0 Å². The lowest BCUT2D eigenvalue weighted by molar-refractivity contribution is 0.0614. The second-order valence-electron chi connectivity index (χ2n) is 4.83. The van der Waals surface area contributed by atoms with Gasteiger partial charge in [-0.3, -0.25) is 0 Å². The number of piperidine rings is 1.